The normalized spacial score (nSPS) is 21.4. The highest BCUT2D eigenvalue weighted by Crippen LogP contribution is 2.27. The van der Waals surface area contributed by atoms with Crippen molar-refractivity contribution in [3.8, 4) is 0 Å². The van der Waals surface area contributed by atoms with Crippen molar-refractivity contribution >= 4 is 23.0 Å². The number of thiocarbonyl (C=S) groups is 1. The molecule has 1 heterocycles. The van der Waals surface area contributed by atoms with Crippen molar-refractivity contribution in [2.45, 2.75) is 52.0 Å². The molecule has 3 rings (SSSR count). The van der Waals surface area contributed by atoms with E-state index >= 15 is 0 Å². The van der Waals surface area contributed by atoms with Crippen molar-refractivity contribution in [3.05, 3.63) is 29.3 Å². The Hall–Kier alpha value is -1.13. The van der Waals surface area contributed by atoms with E-state index < -0.39 is 0 Å². The van der Waals surface area contributed by atoms with Gasteiger partial charge in [-0.05, 0) is 50.5 Å². The van der Waals surface area contributed by atoms with E-state index in [-0.39, 0.29) is 0 Å². The summed E-state index contributed by atoms with van der Waals surface area (Å²) in [6, 6.07) is 7.31. The molecule has 2 fully saturated rings. The molecule has 1 aliphatic carbocycles. The summed E-state index contributed by atoms with van der Waals surface area (Å²) in [5, 5.41) is 4.26. The van der Waals surface area contributed by atoms with E-state index in [0.29, 0.717) is 6.04 Å². The van der Waals surface area contributed by atoms with Gasteiger partial charge < -0.3 is 10.2 Å². The summed E-state index contributed by atoms with van der Waals surface area (Å²) in [6.45, 7) is 6.12. The first-order chi connectivity index (χ1) is 10.1. The fourth-order valence-corrected chi connectivity index (χ4v) is 3.77. The first kappa shape index (κ1) is 14.8. The molecule has 1 saturated heterocycles. The minimum absolute atomic E-state index is 0.711. The number of aryl methyl sites for hydroxylation is 2. The molecule has 1 N–H and O–H groups in total. The monoisotopic (exact) mass is 303 g/mol. The minimum Gasteiger partial charge on any atom is -0.349 e. The number of anilines is 1. The lowest BCUT2D eigenvalue weighted by molar-refractivity contribution is 0.148. The molecule has 0 bridgehead atoms. The molecular formula is C17H25N3S. The molecule has 21 heavy (non-hydrogen) atoms. The van der Waals surface area contributed by atoms with Crippen LogP contribution in [0.5, 0.6) is 0 Å². The first-order valence-electron chi connectivity index (χ1n) is 8.02. The maximum Gasteiger partial charge on any atom is 0.175 e. The predicted octanol–water partition coefficient (Wildman–Crippen LogP) is 3.55. The molecule has 1 aromatic rings. The van der Waals surface area contributed by atoms with Crippen molar-refractivity contribution in [1.29, 1.82) is 0 Å². The number of rotatable bonds is 2. The Bertz CT molecular complexity index is 523. The molecule has 0 radical (unpaired) electrons. The van der Waals surface area contributed by atoms with Gasteiger partial charge in [-0.3, -0.25) is 4.90 Å². The third-order valence-electron chi connectivity index (χ3n) is 4.74. The van der Waals surface area contributed by atoms with Gasteiger partial charge in [0.1, 0.15) is 0 Å². The lowest BCUT2D eigenvalue weighted by Gasteiger charge is -2.43. The van der Waals surface area contributed by atoms with E-state index in [9.17, 15) is 0 Å². The van der Waals surface area contributed by atoms with Crippen molar-refractivity contribution in [1.82, 2.24) is 10.2 Å². The van der Waals surface area contributed by atoms with E-state index in [1.165, 1.54) is 48.9 Å². The fourth-order valence-electron chi connectivity index (χ4n) is 3.55. The standard InChI is InChI=1S/C17H25N3S/c1-13-8-9-16(14(2)10-13)20-12-19(11-18-17(20)21)15-6-4-3-5-7-15/h8-10,15H,3-7,11-12H2,1-2H3,(H,18,21). The van der Waals surface area contributed by atoms with Crippen LogP contribution in [0, 0.1) is 13.8 Å². The van der Waals surface area contributed by atoms with Crippen LogP contribution in [0.15, 0.2) is 18.2 Å². The van der Waals surface area contributed by atoms with Crippen LogP contribution in [-0.2, 0) is 0 Å². The zero-order chi connectivity index (χ0) is 14.8. The van der Waals surface area contributed by atoms with Crippen molar-refractivity contribution < 1.29 is 0 Å². The fraction of sp³-hybridized carbons (Fsp3) is 0.588. The number of nitrogens with zero attached hydrogens (tertiary/aromatic N) is 2. The largest absolute Gasteiger partial charge is 0.349 e. The van der Waals surface area contributed by atoms with Gasteiger partial charge in [0, 0.05) is 11.7 Å². The summed E-state index contributed by atoms with van der Waals surface area (Å²) < 4.78 is 0. The summed E-state index contributed by atoms with van der Waals surface area (Å²) in [5.41, 5.74) is 3.83. The summed E-state index contributed by atoms with van der Waals surface area (Å²) in [5.74, 6) is 0. The topological polar surface area (TPSA) is 18.5 Å². The van der Waals surface area contributed by atoms with Crippen LogP contribution in [0.2, 0.25) is 0 Å². The minimum atomic E-state index is 0.711. The Kier molecular flexibility index (Phi) is 4.45. The molecular weight excluding hydrogens is 278 g/mol. The first-order valence-corrected chi connectivity index (χ1v) is 8.42. The molecule has 1 saturated carbocycles. The quantitative estimate of drug-likeness (QED) is 0.842. The molecule has 4 heteroatoms. The number of hydrogen-bond donors (Lipinski definition) is 1. The second kappa shape index (κ2) is 6.32. The maximum atomic E-state index is 5.54. The smallest absolute Gasteiger partial charge is 0.175 e. The van der Waals surface area contributed by atoms with Gasteiger partial charge in [-0.25, -0.2) is 0 Å². The summed E-state index contributed by atoms with van der Waals surface area (Å²) in [4.78, 5) is 4.80. The van der Waals surface area contributed by atoms with Crippen LogP contribution in [0.3, 0.4) is 0 Å². The highest BCUT2D eigenvalue weighted by molar-refractivity contribution is 7.80. The van der Waals surface area contributed by atoms with Gasteiger partial charge in [0.2, 0.25) is 0 Å². The SMILES string of the molecule is Cc1ccc(N2CN(C3CCCCC3)CNC2=S)c(C)c1. The number of benzene rings is 1. The van der Waals surface area contributed by atoms with Gasteiger partial charge in [-0.15, -0.1) is 0 Å². The third kappa shape index (κ3) is 3.22. The highest BCUT2D eigenvalue weighted by Gasteiger charge is 2.28. The molecule has 1 aliphatic heterocycles. The number of hydrogen-bond acceptors (Lipinski definition) is 2. The molecule has 0 atom stereocenters. The van der Waals surface area contributed by atoms with Crippen LogP contribution < -0.4 is 10.2 Å². The van der Waals surface area contributed by atoms with E-state index in [4.69, 9.17) is 12.2 Å². The van der Waals surface area contributed by atoms with Gasteiger partial charge >= 0.3 is 0 Å². The Balaban J connectivity index is 1.78. The van der Waals surface area contributed by atoms with Gasteiger partial charge in [0.25, 0.3) is 0 Å². The average Bonchev–Trinajstić information content (AvgIpc) is 2.49. The van der Waals surface area contributed by atoms with Crippen molar-refractivity contribution in [3.63, 3.8) is 0 Å². The van der Waals surface area contributed by atoms with Crippen molar-refractivity contribution in [2.24, 2.45) is 0 Å². The van der Waals surface area contributed by atoms with E-state index in [1.807, 2.05) is 0 Å². The van der Waals surface area contributed by atoms with Crippen LogP contribution in [-0.4, -0.2) is 29.4 Å². The van der Waals surface area contributed by atoms with Gasteiger partial charge in [-0.1, -0.05) is 37.0 Å². The second-order valence-electron chi connectivity index (χ2n) is 6.38. The zero-order valence-corrected chi connectivity index (χ0v) is 13.9. The van der Waals surface area contributed by atoms with Crippen LogP contribution >= 0.6 is 12.2 Å². The Labute approximate surface area is 133 Å². The molecule has 2 aliphatic rings. The lowest BCUT2D eigenvalue weighted by Crippen LogP contribution is -2.59. The van der Waals surface area contributed by atoms with Crippen LogP contribution in [0.1, 0.15) is 43.2 Å². The summed E-state index contributed by atoms with van der Waals surface area (Å²) in [6.07, 6.45) is 6.80. The zero-order valence-electron chi connectivity index (χ0n) is 13.1. The van der Waals surface area contributed by atoms with Crippen LogP contribution in [0.4, 0.5) is 5.69 Å². The van der Waals surface area contributed by atoms with Crippen LogP contribution in [0.25, 0.3) is 0 Å². The highest BCUT2D eigenvalue weighted by atomic mass is 32.1. The third-order valence-corrected chi connectivity index (χ3v) is 5.10. The Morgan fingerprint density at radius 3 is 2.62 bits per heavy atom. The van der Waals surface area contributed by atoms with Gasteiger partial charge in [-0.2, -0.15) is 0 Å². The molecule has 0 spiro atoms. The predicted molar refractivity (Wildman–Crippen MR) is 92.6 cm³/mol. The lowest BCUT2D eigenvalue weighted by atomic mass is 9.94. The van der Waals surface area contributed by atoms with Gasteiger partial charge in [0.15, 0.2) is 5.11 Å². The second-order valence-corrected chi connectivity index (χ2v) is 6.77. The van der Waals surface area contributed by atoms with E-state index in [1.54, 1.807) is 0 Å². The molecule has 1 aromatic carbocycles. The average molecular weight is 303 g/mol. The van der Waals surface area contributed by atoms with E-state index in [0.717, 1.165) is 18.4 Å². The molecule has 0 aromatic heterocycles. The Morgan fingerprint density at radius 1 is 1.14 bits per heavy atom. The van der Waals surface area contributed by atoms with Crippen molar-refractivity contribution in [2.75, 3.05) is 18.2 Å². The Morgan fingerprint density at radius 2 is 1.90 bits per heavy atom. The molecule has 114 valence electrons. The van der Waals surface area contributed by atoms with Gasteiger partial charge in [0.05, 0.1) is 13.3 Å². The molecule has 0 unspecified atom stereocenters. The molecule has 3 nitrogen and oxygen atoms in total. The summed E-state index contributed by atoms with van der Waals surface area (Å²) >= 11 is 5.54. The number of nitrogens with one attached hydrogen (secondary N) is 1. The summed E-state index contributed by atoms with van der Waals surface area (Å²) in [7, 11) is 0. The maximum absolute atomic E-state index is 5.54. The molecule has 0 amide bonds. The van der Waals surface area contributed by atoms with E-state index in [2.05, 4.69) is 47.2 Å².